The van der Waals surface area contributed by atoms with Crippen LogP contribution in [-0.4, -0.2) is 35.2 Å². The largest absolute Gasteiger partial charge is 0.374 e. The zero-order chi connectivity index (χ0) is 13.8. The summed E-state index contributed by atoms with van der Waals surface area (Å²) in [5.41, 5.74) is 3.35. The number of thiazole rings is 1. The van der Waals surface area contributed by atoms with Gasteiger partial charge in [-0.1, -0.05) is 6.92 Å². The van der Waals surface area contributed by atoms with Gasteiger partial charge in [-0.3, -0.25) is 0 Å². The summed E-state index contributed by atoms with van der Waals surface area (Å²) in [5.74, 6) is 3.11. The van der Waals surface area contributed by atoms with Gasteiger partial charge >= 0.3 is 0 Å². The Hall–Kier alpha value is -0.100. The Morgan fingerprint density at radius 2 is 2.55 bits per heavy atom. The van der Waals surface area contributed by atoms with E-state index >= 15 is 0 Å². The summed E-state index contributed by atoms with van der Waals surface area (Å²) in [6.07, 6.45) is 4.75. The SMILES string of the molecule is CCCNC(c1cscn1)C1CCOC2(CCSC2)C1. The van der Waals surface area contributed by atoms with Crippen LogP contribution in [0.15, 0.2) is 10.9 Å². The van der Waals surface area contributed by atoms with E-state index in [1.54, 1.807) is 11.3 Å². The van der Waals surface area contributed by atoms with Gasteiger partial charge in [-0.05, 0) is 43.9 Å². The van der Waals surface area contributed by atoms with Crippen LogP contribution in [0.4, 0.5) is 0 Å². The third-order valence-corrected chi connectivity index (χ3v) is 6.28. The molecule has 3 rings (SSSR count). The molecule has 0 radical (unpaired) electrons. The van der Waals surface area contributed by atoms with Gasteiger partial charge in [0.05, 0.1) is 22.8 Å². The van der Waals surface area contributed by atoms with E-state index in [2.05, 4.69) is 22.6 Å². The van der Waals surface area contributed by atoms with Gasteiger partial charge in [0.2, 0.25) is 0 Å². The van der Waals surface area contributed by atoms with Crippen molar-refractivity contribution in [1.29, 1.82) is 0 Å². The lowest BCUT2D eigenvalue weighted by Gasteiger charge is -2.40. The maximum atomic E-state index is 6.16. The minimum Gasteiger partial charge on any atom is -0.374 e. The van der Waals surface area contributed by atoms with Gasteiger partial charge in [0.25, 0.3) is 0 Å². The minimum atomic E-state index is 0.162. The van der Waals surface area contributed by atoms with Crippen LogP contribution >= 0.6 is 23.1 Å². The van der Waals surface area contributed by atoms with Crippen LogP contribution in [-0.2, 0) is 4.74 Å². The maximum absolute atomic E-state index is 6.16. The first-order chi connectivity index (χ1) is 9.83. The molecule has 0 aliphatic carbocycles. The molecule has 0 aromatic carbocycles. The van der Waals surface area contributed by atoms with Gasteiger partial charge < -0.3 is 10.1 Å². The van der Waals surface area contributed by atoms with Crippen LogP contribution in [0.2, 0.25) is 0 Å². The van der Waals surface area contributed by atoms with Crippen LogP contribution in [0.3, 0.4) is 0 Å². The van der Waals surface area contributed by atoms with Crippen molar-refractivity contribution in [3.8, 4) is 0 Å². The van der Waals surface area contributed by atoms with Gasteiger partial charge in [-0.25, -0.2) is 4.98 Å². The van der Waals surface area contributed by atoms with Crippen molar-refractivity contribution in [2.24, 2.45) is 5.92 Å². The monoisotopic (exact) mass is 312 g/mol. The molecular formula is C15H24N2OS2. The molecule has 2 aliphatic heterocycles. The maximum Gasteiger partial charge on any atom is 0.0795 e. The molecule has 2 saturated heterocycles. The average molecular weight is 313 g/mol. The Bertz CT molecular complexity index is 404. The Balaban J connectivity index is 1.72. The standard InChI is InChI=1S/C15H24N2OS2/c1-2-5-16-14(13-9-20-11-17-13)12-3-6-18-15(8-12)4-7-19-10-15/h9,11-12,14,16H,2-8,10H2,1H3. The van der Waals surface area contributed by atoms with Crippen molar-refractivity contribution in [2.45, 2.75) is 44.2 Å². The molecule has 2 aliphatic rings. The second-order valence-electron chi connectivity index (χ2n) is 5.93. The number of nitrogens with zero attached hydrogens (tertiary/aromatic N) is 1. The fourth-order valence-electron chi connectivity index (χ4n) is 3.40. The van der Waals surface area contributed by atoms with Crippen LogP contribution in [0.25, 0.3) is 0 Å². The normalized spacial score (nSPS) is 31.8. The first-order valence-electron chi connectivity index (χ1n) is 7.66. The first-order valence-corrected chi connectivity index (χ1v) is 9.76. The van der Waals surface area contributed by atoms with E-state index in [0.29, 0.717) is 12.0 Å². The quantitative estimate of drug-likeness (QED) is 0.902. The Kier molecular flexibility index (Phi) is 5.02. The molecular weight excluding hydrogens is 288 g/mol. The molecule has 2 fully saturated rings. The smallest absolute Gasteiger partial charge is 0.0795 e. The Morgan fingerprint density at radius 1 is 1.60 bits per heavy atom. The zero-order valence-electron chi connectivity index (χ0n) is 12.1. The van der Waals surface area contributed by atoms with E-state index in [-0.39, 0.29) is 5.60 Å². The summed E-state index contributed by atoms with van der Waals surface area (Å²) in [5, 5.41) is 5.94. The minimum absolute atomic E-state index is 0.162. The highest BCUT2D eigenvalue weighted by Gasteiger charge is 2.42. The average Bonchev–Trinajstić information content (AvgIpc) is 3.12. The van der Waals surface area contributed by atoms with Gasteiger partial charge in [0, 0.05) is 17.7 Å². The predicted octanol–water partition coefficient (Wildman–Crippen LogP) is 3.49. The Morgan fingerprint density at radius 3 is 3.25 bits per heavy atom. The van der Waals surface area contributed by atoms with Crippen molar-refractivity contribution >= 4 is 23.1 Å². The molecule has 3 nitrogen and oxygen atoms in total. The fourth-order valence-corrected chi connectivity index (χ4v) is 5.37. The molecule has 1 N–H and O–H groups in total. The highest BCUT2D eigenvalue weighted by Crippen LogP contribution is 2.43. The molecule has 1 spiro atoms. The number of hydrogen-bond acceptors (Lipinski definition) is 5. The topological polar surface area (TPSA) is 34.2 Å². The van der Waals surface area contributed by atoms with Gasteiger partial charge in [-0.15, -0.1) is 11.3 Å². The third kappa shape index (κ3) is 3.21. The van der Waals surface area contributed by atoms with Crippen molar-refractivity contribution in [3.05, 3.63) is 16.6 Å². The molecule has 112 valence electrons. The third-order valence-electron chi connectivity index (χ3n) is 4.45. The number of nitrogens with one attached hydrogen (secondary N) is 1. The van der Waals surface area contributed by atoms with E-state index in [1.807, 2.05) is 17.3 Å². The van der Waals surface area contributed by atoms with Crippen molar-refractivity contribution in [3.63, 3.8) is 0 Å². The summed E-state index contributed by atoms with van der Waals surface area (Å²) in [6.45, 7) is 4.21. The summed E-state index contributed by atoms with van der Waals surface area (Å²) >= 11 is 3.75. The molecule has 1 aromatic heterocycles. The molecule has 3 atom stereocenters. The van der Waals surface area contributed by atoms with Crippen LogP contribution in [0, 0.1) is 5.92 Å². The van der Waals surface area contributed by atoms with Crippen molar-refractivity contribution in [2.75, 3.05) is 24.7 Å². The van der Waals surface area contributed by atoms with Gasteiger partial charge in [0.1, 0.15) is 0 Å². The van der Waals surface area contributed by atoms with Crippen LogP contribution < -0.4 is 5.32 Å². The van der Waals surface area contributed by atoms with E-state index in [4.69, 9.17) is 4.74 Å². The fraction of sp³-hybridized carbons (Fsp3) is 0.800. The van der Waals surface area contributed by atoms with Gasteiger partial charge in [-0.2, -0.15) is 11.8 Å². The number of ether oxygens (including phenoxy) is 1. The van der Waals surface area contributed by atoms with E-state index in [0.717, 1.165) is 19.6 Å². The molecule has 3 unspecified atom stereocenters. The summed E-state index contributed by atoms with van der Waals surface area (Å²) in [6, 6.07) is 0.410. The molecule has 20 heavy (non-hydrogen) atoms. The molecule has 5 heteroatoms. The van der Waals surface area contributed by atoms with Gasteiger partial charge in [0.15, 0.2) is 0 Å². The predicted molar refractivity (Wildman–Crippen MR) is 86.5 cm³/mol. The molecule has 0 bridgehead atoms. The van der Waals surface area contributed by atoms with Crippen LogP contribution in [0.1, 0.15) is 44.3 Å². The number of aromatic nitrogens is 1. The lowest BCUT2D eigenvalue weighted by atomic mass is 9.80. The first kappa shape index (κ1) is 14.8. The lowest BCUT2D eigenvalue weighted by Crippen LogP contribution is -2.44. The highest BCUT2D eigenvalue weighted by molar-refractivity contribution is 7.99. The molecule has 1 aromatic rings. The van der Waals surface area contributed by atoms with E-state index < -0.39 is 0 Å². The molecule has 0 saturated carbocycles. The van der Waals surface area contributed by atoms with Crippen molar-refractivity contribution in [1.82, 2.24) is 10.3 Å². The number of rotatable bonds is 5. The summed E-state index contributed by atoms with van der Waals surface area (Å²) in [7, 11) is 0. The molecule has 0 amide bonds. The summed E-state index contributed by atoms with van der Waals surface area (Å²) < 4.78 is 6.16. The Labute approximate surface area is 129 Å². The van der Waals surface area contributed by atoms with E-state index in [9.17, 15) is 0 Å². The van der Waals surface area contributed by atoms with Crippen molar-refractivity contribution < 1.29 is 4.74 Å². The zero-order valence-corrected chi connectivity index (χ0v) is 13.8. The second kappa shape index (κ2) is 6.77. The van der Waals surface area contributed by atoms with Crippen LogP contribution in [0.5, 0.6) is 0 Å². The second-order valence-corrected chi connectivity index (χ2v) is 7.76. The summed E-state index contributed by atoms with van der Waals surface area (Å²) in [4.78, 5) is 4.57. The van der Waals surface area contributed by atoms with E-state index in [1.165, 1.54) is 36.5 Å². The lowest BCUT2D eigenvalue weighted by molar-refractivity contribution is -0.0855. The number of thioether (sulfide) groups is 1. The number of hydrogen-bond donors (Lipinski definition) is 1. The molecule has 3 heterocycles. The highest BCUT2D eigenvalue weighted by atomic mass is 32.2.